The molecule has 6 heteroatoms. The van der Waals surface area contributed by atoms with Gasteiger partial charge in [-0.25, -0.2) is 9.78 Å². The van der Waals surface area contributed by atoms with Crippen molar-refractivity contribution in [2.45, 2.75) is 52.8 Å². The molecule has 1 aromatic rings. The number of pyridine rings is 1. The molecule has 6 nitrogen and oxygen atoms in total. The molecule has 24 heavy (non-hydrogen) atoms. The Morgan fingerprint density at radius 2 is 2.04 bits per heavy atom. The van der Waals surface area contributed by atoms with E-state index in [9.17, 15) is 4.79 Å². The van der Waals surface area contributed by atoms with Crippen LogP contribution in [-0.4, -0.2) is 47.8 Å². The molecule has 0 aromatic carbocycles. The fourth-order valence-electron chi connectivity index (χ4n) is 2.69. The van der Waals surface area contributed by atoms with Crippen molar-refractivity contribution in [1.82, 2.24) is 15.2 Å². The lowest BCUT2D eigenvalue weighted by Gasteiger charge is -2.38. The molecule has 1 saturated heterocycles. The van der Waals surface area contributed by atoms with Crippen LogP contribution >= 0.6 is 0 Å². The van der Waals surface area contributed by atoms with Crippen LogP contribution < -0.4 is 10.1 Å². The molecule has 1 amide bonds. The van der Waals surface area contributed by atoms with Crippen LogP contribution in [0, 0.1) is 5.92 Å². The smallest absolute Gasteiger partial charge is 0.410 e. The van der Waals surface area contributed by atoms with Crippen LogP contribution in [0.15, 0.2) is 18.3 Å². The van der Waals surface area contributed by atoms with E-state index in [-0.39, 0.29) is 24.8 Å². The van der Waals surface area contributed by atoms with Crippen LogP contribution in [0.5, 0.6) is 5.88 Å². The molecule has 134 valence electrons. The molecule has 0 radical (unpaired) electrons. The molecule has 2 heterocycles. The highest BCUT2D eigenvalue weighted by atomic mass is 16.6. The lowest BCUT2D eigenvalue weighted by atomic mass is 10.1. The summed E-state index contributed by atoms with van der Waals surface area (Å²) in [6.45, 7) is 10.8. The third-order valence-corrected chi connectivity index (χ3v) is 4.15. The van der Waals surface area contributed by atoms with Gasteiger partial charge in [0.15, 0.2) is 0 Å². The lowest BCUT2D eigenvalue weighted by molar-refractivity contribution is 0.0563. The summed E-state index contributed by atoms with van der Waals surface area (Å²) in [5, 5.41) is 3.30. The van der Waals surface area contributed by atoms with Crippen LogP contribution in [-0.2, 0) is 11.3 Å². The highest BCUT2D eigenvalue weighted by molar-refractivity contribution is 5.68. The number of rotatable bonds is 6. The number of nitrogens with one attached hydrogen (secondary N) is 1. The molecule has 2 rings (SSSR count). The van der Waals surface area contributed by atoms with E-state index in [2.05, 4.69) is 24.1 Å². The molecule has 1 N–H and O–H groups in total. The van der Waals surface area contributed by atoms with Crippen molar-refractivity contribution in [3.63, 3.8) is 0 Å². The summed E-state index contributed by atoms with van der Waals surface area (Å²) in [7, 11) is 0. The van der Waals surface area contributed by atoms with Crippen molar-refractivity contribution in [2.75, 3.05) is 19.7 Å². The molecule has 0 aliphatic carbocycles. The van der Waals surface area contributed by atoms with Gasteiger partial charge in [0, 0.05) is 43.0 Å². The Morgan fingerprint density at radius 1 is 1.33 bits per heavy atom. The van der Waals surface area contributed by atoms with Crippen LogP contribution in [0.1, 0.15) is 39.7 Å². The third kappa shape index (κ3) is 5.37. The molecule has 1 aromatic heterocycles. The average Bonchev–Trinajstić information content (AvgIpc) is 2.53. The second-order valence-electron chi connectivity index (χ2n) is 6.85. The zero-order valence-electron chi connectivity index (χ0n) is 15.1. The van der Waals surface area contributed by atoms with Gasteiger partial charge in [0.25, 0.3) is 0 Å². The first-order valence-electron chi connectivity index (χ1n) is 8.71. The second-order valence-corrected chi connectivity index (χ2v) is 6.85. The molecular weight excluding hydrogens is 306 g/mol. The number of carbonyl (C=O) groups excluding carboxylic acids is 1. The van der Waals surface area contributed by atoms with E-state index in [1.54, 1.807) is 11.1 Å². The number of piperazine rings is 1. The second kappa shape index (κ2) is 8.87. The fourth-order valence-corrected chi connectivity index (χ4v) is 2.69. The number of hydrogen-bond donors (Lipinski definition) is 1. The molecule has 0 bridgehead atoms. The third-order valence-electron chi connectivity index (χ3n) is 4.15. The lowest BCUT2D eigenvalue weighted by Crippen LogP contribution is -2.57. The normalized spacial score (nSPS) is 21.0. The number of aromatic nitrogens is 1. The van der Waals surface area contributed by atoms with E-state index in [1.165, 1.54) is 0 Å². The van der Waals surface area contributed by atoms with Gasteiger partial charge in [-0.05, 0) is 32.3 Å². The SMILES string of the molecule is CC(C)CCOc1ccc(COC(=O)N2[C@H](C)CNC[C@@H]2C)cn1. The number of hydrogen-bond acceptors (Lipinski definition) is 5. The fraction of sp³-hybridized carbons (Fsp3) is 0.667. The van der Waals surface area contributed by atoms with Gasteiger partial charge in [-0.15, -0.1) is 0 Å². The van der Waals surface area contributed by atoms with Crippen LogP contribution in [0.3, 0.4) is 0 Å². The van der Waals surface area contributed by atoms with E-state index in [0.29, 0.717) is 18.4 Å². The minimum Gasteiger partial charge on any atom is -0.478 e. The van der Waals surface area contributed by atoms with E-state index in [4.69, 9.17) is 9.47 Å². The minimum absolute atomic E-state index is 0.135. The standard InChI is InChI=1S/C18H29N3O3/c1-13(2)7-8-23-17-6-5-16(11-20-17)12-24-18(22)21-14(3)9-19-10-15(21)4/h5-6,11,13-15,19H,7-10,12H2,1-4H3/t14-,15+. The summed E-state index contributed by atoms with van der Waals surface area (Å²) in [5.74, 6) is 1.22. The highest BCUT2D eigenvalue weighted by Gasteiger charge is 2.29. The summed E-state index contributed by atoms with van der Waals surface area (Å²) in [4.78, 5) is 18.4. The Hall–Kier alpha value is -1.82. The zero-order chi connectivity index (χ0) is 17.5. The van der Waals surface area contributed by atoms with Gasteiger partial charge in [0.05, 0.1) is 6.61 Å². The number of carbonyl (C=O) groups is 1. The van der Waals surface area contributed by atoms with Gasteiger partial charge < -0.3 is 19.7 Å². The van der Waals surface area contributed by atoms with Crippen molar-refractivity contribution in [2.24, 2.45) is 5.92 Å². The Kier molecular flexibility index (Phi) is 6.85. The summed E-state index contributed by atoms with van der Waals surface area (Å²) in [5.41, 5.74) is 0.856. The van der Waals surface area contributed by atoms with Crippen molar-refractivity contribution in [3.8, 4) is 5.88 Å². The van der Waals surface area contributed by atoms with Gasteiger partial charge >= 0.3 is 6.09 Å². The summed E-state index contributed by atoms with van der Waals surface area (Å²) in [6, 6.07) is 3.97. The van der Waals surface area contributed by atoms with Crippen LogP contribution in [0.25, 0.3) is 0 Å². The maximum absolute atomic E-state index is 12.3. The predicted molar refractivity (Wildman–Crippen MR) is 93.0 cm³/mol. The van der Waals surface area contributed by atoms with Gasteiger partial charge in [-0.3, -0.25) is 0 Å². The number of nitrogens with zero attached hydrogens (tertiary/aromatic N) is 2. The molecule has 1 aliphatic heterocycles. The molecule has 0 unspecified atom stereocenters. The van der Waals surface area contributed by atoms with Crippen molar-refractivity contribution >= 4 is 6.09 Å². The maximum atomic E-state index is 12.3. The van der Waals surface area contributed by atoms with Crippen molar-refractivity contribution in [3.05, 3.63) is 23.9 Å². The van der Waals surface area contributed by atoms with Gasteiger partial charge in [0.1, 0.15) is 6.61 Å². The highest BCUT2D eigenvalue weighted by Crippen LogP contribution is 2.14. The summed E-state index contributed by atoms with van der Waals surface area (Å²) in [6.07, 6.45) is 2.43. The van der Waals surface area contributed by atoms with Crippen molar-refractivity contribution < 1.29 is 14.3 Å². The molecule has 0 spiro atoms. The predicted octanol–water partition coefficient (Wildman–Crippen LogP) is 2.83. The topological polar surface area (TPSA) is 63.7 Å². The molecule has 2 atom stereocenters. The molecule has 0 saturated carbocycles. The number of amides is 1. The zero-order valence-corrected chi connectivity index (χ0v) is 15.1. The van der Waals surface area contributed by atoms with Gasteiger partial charge in [-0.1, -0.05) is 13.8 Å². The van der Waals surface area contributed by atoms with E-state index < -0.39 is 0 Å². The average molecular weight is 335 g/mol. The summed E-state index contributed by atoms with van der Waals surface area (Å²) < 4.78 is 11.0. The Balaban J connectivity index is 1.80. The van der Waals surface area contributed by atoms with Crippen molar-refractivity contribution in [1.29, 1.82) is 0 Å². The van der Waals surface area contributed by atoms with E-state index in [0.717, 1.165) is 25.1 Å². The Morgan fingerprint density at radius 3 is 2.62 bits per heavy atom. The Labute approximate surface area is 144 Å². The molecule has 1 fully saturated rings. The molecular formula is C18H29N3O3. The van der Waals surface area contributed by atoms with E-state index in [1.807, 2.05) is 26.0 Å². The number of ether oxygens (including phenoxy) is 2. The van der Waals surface area contributed by atoms with Crippen LogP contribution in [0.4, 0.5) is 4.79 Å². The monoisotopic (exact) mass is 335 g/mol. The van der Waals surface area contributed by atoms with Crippen LogP contribution in [0.2, 0.25) is 0 Å². The first-order chi connectivity index (χ1) is 11.5. The first kappa shape index (κ1) is 18.5. The summed E-state index contributed by atoms with van der Waals surface area (Å²) >= 11 is 0. The Bertz CT molecular complexity index is 509. The maximum Gasteiger partial charge on any atom is 0.410 e. The molecule has 1 aliphatic rings. The van der Waals surface area contributed by atoms with E-state index >= 15 is 0 Å². The minimum atomic E-state index is -0.270. The quantitative estimate of drug-likeness (QED) is 0.866. The van der Waals surface area contributed by atoms with Gasteiger partial charge in [0.2, 0.25) is 5.88 Å². The van der Waals surface area contributed by atoms with Gasteiger partial charge in [-0.2, -0.15) is 0 Å². The largest absolute Gasteiger partial charge is 0.478 e. The first-order valence-corrected chi connectivity index (χ1v) is 8.71.